The third kappa shape index (κ3) is 4.74. The van der Waals surface area contributed by atoms with Crippen molar-refractivity contribution in [3.05, 3.63) is 23.3 Å². The molecule has 0 radical (unpaired) electrons. The van der Waals surface area contributed by atoms with Crippen LogP contribution < -0.4 is 5.32 Å². The first-order chi connectivity index (χ1) is 10.5. The van der Waals surface area contributed by atoms with E-state index < -0.39 is 0 Å². The fourth-order valence-corrected chi connectivity index (χ4v) is 2.73. The predicted molar refractivity (Wildman–Crippen MR) is 86.8 cm³/mol. The number of likely N-dealkylation sites (N-methyl/N-ethyl adjacent to an activating group) is 1. The summed E-state index contributed by atoms with van der Waals surface area (Å²) in [7, 11) is 2.12. The van der Waals surface area contributed by atoms with Gasteiger partial charge in [-0.3, -0.25) is 9.69 Å². The molecule has 22 heavy (non-hydrogen) atoms. The fraction of sp³-hybridized carbons (Fsp3) is 0.688. The summed E-state index contributed by atoms with van der Waals surface area (Å²) in [6.45, 7) is 10.4. The van der Waals surface area contributed by atoms with Crippen molar-refractivity contribution < 1.29 is 4.79 Å². The monoisotopic (exact) mass is 305 g/mol. The molecule has 6 heteroatoms. The predicted octanol–water partition coefficient (Wildman–Crippen LogP) is 0.388. The van der Waals surface area contributed by atoms with Crippen LogP contribution in [0, 0.1) is 13.8 Å². The summed E-state index contributed by atoms with van der Waals surface area (Å²) in [5, 5.41) is 3.00. The van der Waals surface area contributed by atoms with Gasteiger partial charge in [0.15, 0.2) is 0 Å². The molecule has 1 aliphatic rings. The second-order valence-electron chi connectivity index (χ2n) is 6.12. The highest BCUT2D eigenvalue weighted by atomic mass is 16.2. The molecule has 0 aromatic carbocycles. The Morgan fingerprint density at radius 3 is 2.41 bits per heavy atom. The molecule has 2 heterocycles. The molecule has 0 saturated carbocycles. The van der Waals surface area contributed by atoms with Crippen LogP contribution in [0.4, 0.5) is 0 Å². The highest BCUT2D eigenvalue weighted by Crippen LogP contribution is 2.05. The van der Waals surface area contributed by atoms with Crippen molar-refractivity contribution in [2.75, 3.05) is 39.8 Å². The van der Waals surface area contributed by atoms with E-state index in [2.05, 4.69) is 32.1 Å². The Balaban J connectivity index is 1.77. The molecule has 0 spiro atoms. The molecule has 1 fully saturated rings. The van der Waals surface area contributed by atoms with Crippen molar-refractivity contribution in [2.45, 2.75) is 33.2 Å². The van der Waals surface area contributed by atoms with Crippen LogP contribution in [0.25, 0.3) is 0 Å². The van der Waals surface area contributed by atoms with E-state index in [1.54, 1.807) is 0 Å². The smallest absolute Gasteiger partial charge is 0.237 e. The van der Waals surface area contributed by atoms with Gasteiger partial charge in [-0.1, -0.05) is 0 Å². The van der Waals surface area contributed by atoms with Crippen LogP contribution in [-0.2, 0) is 11.2 Å². The quantitative estimate of drug-likeness (QED) is 0.852. The number of amides is 1. The molecular formula is C16H27N5O. The van der Waals surface area contributed by atoms with Crippen LogP contribution in [0.3, 0.4) is 0 Å². The summed E-state index contributed by atoms with van der Waals surface area (Å²) in [6, 6.07) is 1.88. The van der Waals surface area contributed by atoms with Gasteiger partial charge < -0.3 is 10.2 Å². The van der Waals surface area contributed by atoms with Crippen molar-refractivity contribution in [1.82, 2.24) is 25.1 Å². The third-order valence-corrected chi connectivity index (χ3v) is 4.14. The molecule has 1 unspecified atom stereocenters. The van der Waals surface area contributed by atoms with E-state index in [0.29, 0.717) is 13.0 Å². The van der Waals surface area contributed by atoms with E-state index in [0.717, 1.165) is 43.4 Å². The van der Waals surface area contributed by atoms with Crippen LogP contribution in [0.15, 0.2) is 6.07 Å². The van der Waals surface area contributed by atoms with E-state index in [9.17, 15) is 4.79 Å². The van der Waals surface area contributed by atoms with Crippen LogP contribution in [0.5, 0.6) is 0 Å². The normalized spacial score (nSPS) is 18.2. The molecule has 0 aliphatic carbocycles. The van der Waals surface area contributed by atoms with Gasteiger partial charge in [-0.2, -0.15) is 0 Å². The Hall–Kier alpha value is -1.53. The number of rotatable bonds is 5. The molecule has 1 aromatic rings. The summed E-state index contributed by atoms with van der Waals surface area (Å²) >= 11 is 0. The SMILES string of the molecule is Cc1cc(C)nc(CCNC(=O)C(C)N2CCN(C)CC2)n1. The van der Waals surface area contributed by atoms with Gasteiger partial charge in [0.05, 0.1) is 6.04 Å². The maximum Gasteiger partial charge on any atom is 0.237 e. The van der Waals surface area contributed by atoms with Crippen molar-refractivity contribution in [1.29, 1.82) is 0 Å². The zero-order valence-electron chi connectivity index (χ0n) is 14.1. The van der Waals surface area contributed by atoms with Gasteiger partial charge >= 0.3 is 0 Å². The van der Waals surface area contributed by atoms with Gasteiger partial charge in [0.1, 0.15) is 5.82 Å². The van der Waals surface area contributed by atoms with Crippen LogP contribution in [0.2, 0.25) is 0 Å². The van der Waals surface area contributed by atoms with Crippen molar-refractivity contribution in [2.24, 2.45) is 0 Å². The van der Waals surface area contributed by atoms with Gasteiger partial charge in [-0.15, -0.1) is 0 Å². The highest BCUT2D eigenvalue weighted by molar-refractivity contribution is 5.81. The summed E-state index contributed by atoms with van der Waals surface area (Å²) in [5.41, 5.74) is 1.94. The lowest BCUT2D eigenvalue weighted by Crippen LogP contribution is -2.53. The molecule has 1 aliphatic heterocycles. The maximum absolute atomic E-state index is 12.2. The lowest BCUT2D eigenvalue weighted by molar-refractivity contribution is -0.126. The fourth-order valence-electron chi connectivity index (χ4n) is 2.73. The first kappa shape index (κ1) is 16.8. The third-order valence-electron chi connectivity index (χ3n) is 4.14. The Kier molecular flexibility index (Phi) is 5.85. The molecule has 1 N–H and O–H groups in total. The van der Waals surface area contributed by atoms with E-state index in [1.165, 1.54) is 0 Å². The van der Waals surface area contributed by atoms with Crippen molar-refractivity contribution in [3.8, 4) is 0 Å². The van der Waals surface area contributed by atoms with Gasteiger partial charge in [0, 0.05) is 50.5 Å². The Morgan fingerprint density at radius 1 is 1.23 bits per heavy atom. The van der Waals surface area contributed by atoms with E-state index in [4.69, 9.17) is 0 Å². The lowest BCUT2D eigenvalue weighted by Gasteiger charge is -2.35. The number of nitrogens with zero attached hydrogens (tertiary/aromatic N) is 4. The molecule has 1 amide bonds. The molecule has 1 atom stereocenters. The maximum atomic E-state index is 12.2. The number of carbonyl (C=O) groups excluding carboxylic acids is 1. The Morgan fingerprint density at radius 2 is 1.82 bits per heavy atom. The number of piperazine rings is 1. The molecule has 0 bridgehead atoms. The minimum atomic E-state index is -0.0751. The van der Waals surface area contributed by atoms with Gasteiger partial charge in [0.2, 0.25) is 5.91 Å². The molecule has 2 rings (SSSR count). The van der Waals surface area contributed by atoms with Gasteiger partial charge in [-0.05, 0) is 33.9 Å². The van der Waals surface area contributed by atoms with Gasteiger partial charge in [-0.25, -0.2) is 9.97 Å². The highest BCUT2D eigenvalue weighted by Gasteiger charge is 2.23. The molecule has 1 aromatic heterocycles. The van der Waals surface area contributed by atoms with Gasteiger partial charge in [0.25, 0.3) is 0 Å². The second kappa shape index (κ2) is 7.65. The summed E-state index contributed by atoms with van der Waals surface area (Å²) < 4.78 is 0. The average molecular weight is 305 g/mol. The van der Waals surface area contributed by atoms with Crippen molar-refractivity contribution in [3.63, 3.8) is 0 Å². The first-order valence-corrected chi connectivity index (χ1v) is 7.97. The minimum Gasteiger partial charge on any atom is -0.354 e. The summed E-state index contributed by atoms with van der Waals surface area (Å²) in [5.74, 6) is 0.888. The Bertz CT molecular complexity index is 491. The number of hydrogen-bond donors (Lipinski definition) is 1. The zero-order valence-corrected chi connectivity index (χ0v) is 14.1. The number of hydrogen-bond acceptors (Lipinski definition) is 5. The minimum absolute atomic E-state index is 0.0751. The summed E-state index contributed by atoms with van der Waals surface area (Å²) in [4.78, 5) is 25.6. The number of nitrogens with one attached hydrogen (secondary N) is 1. The van der Waals surface area contributed by atoms with Crippen LogP contribution in [-0.4, -0.2) is 71.5 Å². The van der Waals surface area contributed by atoms with E-state index >= 15 is 0 Å². The average Bonchev–Trinajstić information content (AvgIpc) is 2.46. The number of carbonyl (C=O) groups is 1. The molecular weight excluding hydrogens is 278 g/mol. The van der Waals surface area contributed by atoms with E-state index in [-0.39, 0.29) is 11.9 Å². The topological polar surface area (TPSA) is 61.4 Å². The van der Waals surface area contributed by atoms with Crippen LogP contribution in [0.1, 0.15) is 24.1 Å². The standard InChI is InChI=1S/C16H27N5O/c1-12-11-13(2)19-15(18-12)5-6-17-16(22)14(3)21-9-7-20(4)8-10-21/h11,14H,5-10H2,1-4H3,(H,17,22). The lowest BCUT2D eigenvalue weighted by atomic mass is 10.2. The van der Waals surface area contributed by atoms with E-state index in [1.807, 2.05) is 26.8 Å². The summed E-state index contributed by atoms with van der Waals surface area (Å²) in [6.07, 6.45) is 0.670. The Labute approximate surface area is 132 Å². The molecule has 1 saturated heterocycles. The number of aryl methyl sites for hydroxylation is 2. The molecule has 122 valence electrons. The second-order valence-corrected chi connectivity index (χ2v) is 6.12. The van der Waals surface area contributed by atoms with Crippen LogP contribution >= 0.6 is 0 Å². The van der Waals surface area contributed by atoms with Crippen molar-refractivity contribution >= 4 is 5.91 Å². The first-order valence-electron chi connectivity index (χ1n) is 7.97. The zero-order chi connectivity index (χ0) is 16.1. The largest absolute Gasteiger partial charge is 0.354 e. The molecule has 6 nitrogen and oxygen atoms in total. The number of aromatic nitrogens is 2.